The van der Waals surface area contributed by atoms with Crippen LogP contribution in [-0.4, -0.2) is 64.1 Å². The molecule has 0 saturated carbocycles. The van der Waals surface area contributed by atoms with E-state index in [-0.39, 0.29) is 36.0 Å². The number of aliphatic hydroxyl groups is 1. The summed E-state index contributed by atoms with van der Waals surface area (Å²) in [4.78, 5) is 7.11. The fourth-order valence-electron chi connectivity index (χ4n) is 3.80. The van der Waals surface area contributed by atoms with Gasteiger partial charge in [0.1, 0.15) is 5.76 Å². The maximum absolute atomic E-state index is 9.47. The Hall–Kier alpha value is -1.78. The molecule has 1 aliphatic rings. The van der Waals surface area contributed by atoms with Crippen molar-refractivity contribution in [2.45, 2.75) is 25.7 Å². The van der Waals surface area contributed by atoms with Crippen LogP contribution in [0, 0.1) is 5.41 Å². The van der Waals surface area contributed by atoms with Crippen LogP contribution in [0.2, 0.25) is 0 Å². The lowest BCUT2D eigenvalue weighted by molar-refractivity contribution is 0.131. The third kappa shape index (κ3) is 8.63. The third-order valence-corrected chi connectivity index (χ3v) is 5.80. The summed E-state index contributed by atoms with van der Waals surface area (Å²) in [5, 5.41) is 16.4. The number of anilines is 1. The number of hydrogen-bond donors (Lipinski definition) is 3. The van der Waals surface area contributed by atoms with Gasteiger partial charge in [0.05, 0.1) is 19.4 Å². The molecule has 2 aromatic rings. The molecule has 178 valence electrons. The first-order valence-corrected chi connectivity index (χ1v) is 11.2. The van der Waals surface area contributed by atoms with Gasteiger partial charge in [-0.2, -0.15) is 0 Å². The third-order valence-electron chi connectivity index (χ3n) is 5.80. The van der Waals surface area contributed by atoms with Gasteiger partial charge in [-0.1, -0.05) is 18.2 Å². The van der Waals surface area contributed by atoms with Crippen molar-refractivity contribution in [2.24, 2.45) is 10.4 Å². The largest absolute Gasteiger partial charge is 0.469 e. The summed E-state index contributed by atoms with van der Waals surface area (Å²) in [6, 6.07) is 14.3. The summed E-state index contributed by atoms with van der Waals surface area (Å²) in [6.45, 7) is 4.75. The molecule has 0 amide bonds. The number of ether oxygens (including phenoxy) is 1. The van der Waals surface area contributed by atoms with Crippen molar-refractivity contribution >= 4 is 35.6 Å². The molecule has 3 N–H and O–H groups in total. The summed E-state index contributed by atoms with van der Waals surface area (Å²) < 4.78 is 11.0. The Labute approximate surface area is 208 Å². The highest BCUT2D eigenvalue weighted by Gasteiger charge is 2.34. The number of para-hydroxylation sites is 1. The van der Waals surface area contributed by atoms with E-state index in [1.807, 2.05) is 18.2 Å². The average molecular weight is 556 g/mol. The van der Waals surface area contributed by atoms with Crippen molar-refractivity contribution in [1.82, 2.24) is 10.6 Å². The number of benzene rings is 1. The van der Waals surface area contributed by atoms with Gasteiger partial charge in [-0.3, -0.25) is 4.99 Å². The normalized spacial score (nSPS) is 18.2. The Kier molecular flexibility index (Phi) is 11.9. The van der Waals surface area contributed by atoms with E-state index in [0.717, 1.165) is 63.6 Å². The van der Waals surface area contributed by atoms with E-state index in [2.05, 4.69) is 46.8 Å². The second kappa shape index (κ2) is 14.4. The second-order valence-electron chi connectivity index (χ2n) is 8.23. The van der Waals surface area contributed by atoms with E-state index in [4.69, 9.17) is 14.1 Å². The van der Waals surface area contributed by atoms with Crippen LogP contribution in [0.15, 0.2) is 58.1 Å². The minimum absolute atomic E-state index is 0. The van der Waals surface area contributed by atoms with Gasteiger partial charge in [-0.25, -0.2) is 0 Å². The zero-order valence-corrected chi connectivity index (χ0v) is 21.3. The molecule has 0 bridgehead atoms. The van der Waals surface area contributed by atoms with Crippen molar-refractivity contribution in [3.63, 3.8) is 0 Å². The maximum Gasteiger partial charge on any atom is 0.191 e. The van der Waals surface area contributed by atoms with Crippen molar-refractivity contribution in [2.75, 3.05) is 57.9 Å². The Morgan fingerprint density at radius 3 is 2.66 bits per heavy atom. The predicted molar refractivity (Wildman–Crippen MR) is 140 cm³/mol. The zero-order valence-electron chi connectivity index (χ0n) is 19.0. The SMILES string of the molecule is CN(CCCNC(=NCC1(CCO)CCOC1)NCCc1ccco1)c1ccccc1.I. The second-order valence-corrected chi connectivity index (χ2v) is 8.23. The van der Waals surface area contributed by atoms with Gasteiger partial charge in [0.2, 0.25) is 0 Å². The van der Waals surface area contributed by atoms with Crippen LogP contribution in [0.5, 0.6) is 0 Å². The highest BCUT2D eigenvalue weighted by Crippen LogP contribution is 2.32. The molecule has 1 aromatic heterocycles. The topological polar surface area (TPSA) is 82.3 Å². The lowest BCUT2D eigenvalue weighted by atomic mass is 9.84. The van der Waals surface area contributed by atoms with Crippen molar-refractivity contribution in [3.05, 3.63) is 54.5 Å². The standard InChI is InChI=1S/C24H36N4O3.HI/c1-28(21-7-3-2-4-8-21)15-6-13-25-23(26-14-10-22-9-5-17-31-22)27-19-24(11-16-29)12-18-30-20-24;/h2-5,7-9,17,29H,6,10-16,18-20H2,1H3,(H2,25,26,27);1H. The van der Waals surface area contributed by atoms with Crippen LogP contribution in [0.25, 0.3) is 0 Å². The Morgan fingerprint density at radius 2 is 1.97 bits per heavy atom. The van der Waals surface area contributed by atoms with E-state index >= 15 is 0 Å². The molecule has 1 atom stereocenters. The number of furan rings is 1. The Morgan fingerprint density at radius 1 is 1.16 bits per heavy atom. The predicted octanol–water partition coefficient (Wildman–Crippen LogP) is 3.29. The van der Waals surface area contributed by atoms with Gasteiger partial charge >= 0.3 is 0 Å². The monoisotopic (exact) mass is 556 g/mol. The van der Waals surface area contributed by atoms with E-state index in [1.54, 1.807) is 6.26 Å². The highest BCUT2D eigenvalue weighted by atomic mass is 127. The number of rotatable bonds is 12. The fourth-order valence-corrected chi connectivity index (χ4v) is 3.80. The number of aliphatic imine (C=N–C) groups is 1. The molecule has 0 spiro atoms. The quantitative estimate of drug-likeness (QED) is 0.161. The van der Waals surface area contributed by atoms with Gasteiger partial charge < -0.3 is 29.8 Å². The Bertz CT molecular complexity index is 765. The van der Waals surface area contributed by atoms with Crippen molar-refractivity contribution in [1.29, 1.82) is 0 Å². The van der Waals surface area contributed by atoms with Gasteiger partial charge in [0.15, 0.2) is 5.96 Å². The smallest absolute Gasteiger partial charge is 0.191 e. The van der Waals surface area contributed by atoms with Crippen molar-refractivity contribution in [3.8, 4) is 0 Å². The molecule has 7 nitrogen and oxygen atoms in total. The number of nitrogens with one attached hydrogen (secondary N) is 2. The number of nitrogens with zero attached hydrogens (tertiary/aromatic N) is 2. The molecular weight excluding hydrogens is 519 g/mol. The molecular formula is C24H37IN4O3. The summed E-state index contributed by atoms with van der Waals surface area (Å²) in [5.74, 6) is 1.76. The van der Waals surface area contributed by atoms with Gasteiger partial charge in [0, 0.05) is 57.4 Å². The van der Waals surface area contributed by atoms with E-state index in [0.29, 0.717) is 13.2 Å². The molecule has 0 radical (unpaired) electrons. The number of halogens is 1. The molecule has 3 rings (SSSR count). The molecule has 1 fully saturated rings. The van der Waals surface area contributed by atoms with E-state index in [9.17, 15) is 5.11 Å². The molecule has 1 aliphatic heterocycles. The van der Waals surface area contributed by atoms with Crippen LogP contribution < -0.4 is 15.5 Å². The zero-order chi connectivity index (χ0) is 21.8. The molecule has 1 unspecified atom stereocenters. The highest BCUT2D eigenvalue weighted by molar-refractivity contribution is 14.0. The van der Waals surface area contributed by atoms with Crippen molar-refractivity contribution < 1.29 is 14.3 Å². The minimum atomic E-state index is -0.0576. The minimum Gasteiger partial charge on any atom is -0.469 e. The summed E-state index contributed by atoms with van der Waals surface area (Å²) in [7, 11) is 2.12. The summed E-state index contributed by atoms with van der Waals surface area (Å²) in [5.41, 5.74) is 1.16. The van der Waals surface area contributed by atoms with Gasteiger partial charge in [-0.05, 0) is 43.5 Å². The number of guanidine groups is 1. The first-order valence-electron chi connectivity index (χ1n) is 11.2. The van der Waals surface area contributed by atoms with Gasteiger partial charge in [0.25, 0.3) is 0 Å². The first kappa shape index (κ1) is 26.5. The summed E-state index contributed by atoms with van der Waals surface area (Å²) >= 11 is 0. The molecule has 2 heterocycles. The van der Waals surface area contributed by atoms with Crippen LogP contribution in [-0.2, 0) is 11.2 Å². The molecule has 1 saturated heterocycles. The lowest BCUT2D eigenvalue weighted by Crippen LogP contribution is -2.41. The van der Waals surface area contributed by atoms with Crippen LogP contribution >= 0.6 is 24.0 Å². The molecule has 0 aliphatic carbocycles. The number of hydrogen-bond acceptors (Lipinski definition) is 5. The maximum atomic E-state index is 9.47. The molecule has 8 heteroatoms. The average Bonchev–Trinajstić information content (AvgIpc) is 3.48. The Balaban J connectivity index is 0.00000363. The first-order chi connectivity index (χ1) is 15.2. The summed E-state index contributed by atoms with van der Waals surface area (Å²) in [6.07, 6.45) is 5.16. The molecule has 32 heavy (non-hydrogen) atoms. The molecule has 1 aromatic carbocycles. The number of aliphatic hydroxyl groups excluding tert-OH is 1. The van der Waals surface area contributed by atoms with Crippen LogP contribution in [0.1, 0.15) is 25.0 Å². The van der Waals surface area contributed by atoms with Crippen LogP contribution in [0.3, 0.4) is 0 Å². The fraction of sp³-hybridized carbons (Fsp3) is 0.542. The van der Waals surface area contributed by atoms with E-state index in [1.165, 1.54) is 5.69 Å². The van der Waals surface area contributed by atoms with E-state index < -0.39 is 0 Å². The lowest BCUT2D eigenvalue weighted by Gasteiger charge is -2.25. The van der Waals surface area contributed by atoms with Crippen LogP contribution in [0.4, 0.5) is 5.69 Å². The van der Waals surface area contributed by atoms with Gasteiger partial charge in [-0.15, -0.1) is 24.0 Å².